The lowest BCUT2D eigenvalue weighted by molar-refractivity contribution is -0.119. The molecule has 2 rings (SSSR count). The molecule has 0 saturated heterocycles. The van der Waals surface area contributed by atoms with Gasteiger partial charge in [-0.3, -0.25) is 4.79 Å². The Morgan fingerprint density at radius 3 is 2.95 bits per heavy atom. The quantitative estimate of drug-likeness (QED) is 0.844. The van der Waals surface area contributed by atoms with Crippen molar-refractivity contribution in [3.05, 3.63) is 23.0 Å². The Hall–Kier alpha value is -1.13. The van der Waals surface area contributed by atoms with Gasteiger partial charge in [-0.2, -0.15) is 0 Å². The van der Waals surface area contributed by atoms with E-state index in [0.717, 1.165) is 25.0 Å². The Balaban J connectivity index is 1.77. The molecule has 0 aliphatic heterocycles. The van der Waals surface area contributed by atoms with Crippen molar-refractivity contribution in [2.24, 2.45) is 5.92 Å². The topological polar surface area (TPSA) is 51.2 Å². The molecule has 0 radical (unpaired) electrons. The highest BCUT2D eigenvalue weighted by Crippen LogP contribution is 2.32. The number of nitrogens with zero attached hydrogens (tertiary/aromatic N) is 1. The normalized spacial score (nSPS) is 21.8. The van der Waals surface area contributed by atoms with Crippen LogP contribution in [0.15, 0.2) is 12.3 Å². The predicted octanol–water partition coefficient (Wildman–Crippen LogP) is 3.19. The molecule has 104 valence electrons. The molecular formula is C14H19ClN2O2. The summed E-state index contributed by atoms with van der Waals surface area (Å²) in [7, 11) is 0. The molecule has 0 bridgehead atoms. The summed E-state index contributed by atoms with van der Waals surface area (Å²) in [4.78, 5) is 15.9. The third-order valence-electron chi connectivity index (χ3n) is 3.37. The van der Waals surface area contributed by atoms with E-state index in [1.54, 1.807) is 6.20 Å². The van der Waals surface area contributed by atoms with Gasteiger partial charge in [-0.1, -0.05) is 11.6 Å². The van der Waals surface area contributed by atoms with E-state index in [4.69, 9.17) is 16.3 Å². The number of hydrogen-bond acceptors (Lipinski definition) is 3. The first-order valence-corrected chi connectivity index (χ1v) is 7.00. The Labute approximate surface area is 118 Å². The summed E-state index contributed by atoms with van der Waals surface area (Å²) in [6, 6.07) is 1.83. The molecule has 1 aromatic rings. The van der Waals surface area contributed by atoms with E-state index in [1.165, 1.54) is 0 Å². The van der Waals surface area contributed by atoms with Crippen LogP contribution >= 0.6 is 11.6 Å². The minimum absolute atomic E-state index is 0.0310. The minimum Gasteiger partial charge on any atom is -0.378 e. The number of aryl methyl sites for hydroxylation is 1. The number of aromatic nitrogens is 1. The molecule has 0 atom stereocenters. The lowest BCUT2D eigenvalue weighted by Crippen LogP contribution is -2.33. The van der Waals surface area contributed by atoms with E-state index >= 15 is 0 Å². The van der Waals surface area contributed by atoms with Crippen LogP contribution in [0.1, 0.15) is 31.7 Å². The van der Waals surface area contributed by atoms with Crippen LogP contribution in [0.4, 0.5) is 5.69 Å². The van der Waals surface area contributed by atoms with Gasteiger partial charge < -0.3 is 10.1 Å². The first-order chi connectivity index (χ1) is 9.08. The second-order valence-electron chi connectivity index (χ2n) is 5.00. The standard InChI is InChI=1S/C14H19ClN2O2/c1-3-19-12-5-10(6-12)7-13(18)17-11-4-9(2)14(15)16-8-11/h4,8,10,12H,3,5-7H2,1-2H3,(H,17,18). The molecule has 0 spiro atoms. The summed E-state index contributed by atoms with van der Waals surface area (Å²) in [5, 5.41) is 3.32. The van der Waals surface area contributed by atoms with Crippen molar-refractivity contribution in [1.29, 1.82) is 0 Å². The highest BCUT2D eigenvalue weighted by molar-refractivity contribution is 6.30. The maximum absolute atomic E-state index is 11.9. The van der Waals surface area contributed by atoms with Crippen LogP contribution < -0.4 is 5.32 Å². The van der Waals surface area contributed by atoms with Crippen LogP contribution in [-0.4, -0.2) is 23.6 Å². The van der Waals surface area contributed by atoms with Gasteiger partial charge in [-0.25, -0.2) is 4.98 Å². The first-order valence-electron chi connectivity index (χ1n) is 6.62. The summed E-state index contributed by atoms with van der Waals surface area (Å²) < 4.78 is 5.48. The number of halogens is 1. The summed E-state index contributed by atoms with van der Waals surface area (Å²) in [6.07, 6.45) is 4.45. The van der Waals surface area contributed by atoms with Crippen molar-refractivity contribution in [2.75, 3.05) is 11.9 Å². The molecule has 1 aliphatic carbocycles. The van der Waals surface area contributed by atoms with Gasteiger partial charge in [0.05, 0.1) is 18.0 Å². The smallest absolute Gasteiger partial charge is 0.224 e. The molecule has 0 unspecified atom stereocenters. The van der Waals surface area contributed by atoms with Crippen molar-refractivity contribution in [2.45, 2.75) is 39.2 Å². The third kappa shape index (κ3) is 3.91. The number of nitrogens with one attached hydrogen (secondary N) is 1. The number of amides is 1. The number of pyridine rings is 1. The van der Waals surface area contributed by atoms with E-state index in [2.05, 4.69) is 10.3 Å². The van der Waals surface area contributed by atoms with Crippen LogP contribution in [0.25, 0.3) is 0 Å². The molecule has 1 aliphatic rings. The van der Waals surface area contributed by atoms with E-state index in [-0.39, 0.29) is 5.91 Å². The van der Waals surface area contributed by atoms with Crippen molar-refractivity contribution in [1.82, 2.24) is 4.98 Å². The molecule has 1 saturated carbocycles. The summed E-state index contributed by atoms with van der Waals surface area (Å²) in [6.45, 7) is 4.61. The van der Waals surface area contributed by atoms with Gasteiger partial charge in [-0.15, -0.1) is 0 Å². The van der Waals surface area contributed by atoms with Crippen molar-refractivity contribution in [3.8, 4) is 0 Å². The van der Waals surface area contributed by atoms with Crippen LogP contribution in [0.2, 0.25) is 5.15 Å². The fourth-order valence-corrected chi connectivity index (χ4v) is 2.42. The number of carbonyl (C=O) groups excluding carboxylic acids is 1. The maximum atomic E-state index is 11.9. The van der Waals surface area contributed by atoms with Gasteiger partial charge in [-0.05, 0) is 44.2 Å². The first kappa shape index (κ1) is 14.3. The number of rotatable bonds is 5. The Bertz CT molecular complexity index is 459. The van der Waals surface area contributed by atoms with Crippen LogP contribution in [0.5, 0.6) is 0 Å². The molecule has 0 aromatic carbocycles. The molecule has 1 aromatic heterocycles. The predicted molar refractivity (Wildman–Crippen MR) is 75.4 cm³/mol. The van der Waals surface area contributed by atoms with Gasteiger partial charge in [0.25, 0.3) is 0 Å². The van der Waals surface area contributed by atoms with E-state index in [0.29, 0.717) is 29.3 Å². The van der Waals surface area contributed by atoms with Gasteiger partial charge in [0.2, 0.25) is 5.91 Å². The van der Waals surface area contributed by atoms with Gasteiger partial charge in [0.15, 0.2) is 0 Å². The highest BCUT2D eigenvalue weighted by Gasteiger charge is 2.31. The average molecular weight is 283 g/mol. The van der Waals surface area contributed by atoms with E-state index in [1.807, 2.05) is 19.9 Å². The number of ether oxygens (including phenoxy) is 1. The summed E-state index contributed by atoms with van der Waals surface area (Å²) >= 11 is 5.84. The van der Waals surface area contributed by atoms with Gasteiger partial charge in [0, 0.05) is 13.0 Å². The zero-order valence-electron chi connectivity index (χ0n) is 11.3. The maximum Gasteiger partial charge on any atom is 0.224 e. The summed E-state index contributed by atoms with van der Waals surface area (Å²) in [5.74, 6) is 0.473. The number of hydrogen-bond donors (Lipinski definition) is 1. The monoisotopic (exact) mass is 282 g/mol. The molecule has 1 heterocycles. The molecule has 1 amide bonds. The van der Waals surface area contributed by atoms with E-state index in [9.17, 15) is 4.79 Å². The number of carbonyl (C=O) groups is 1. The molecule has 5 heteroatoms. The zero-order valence-corrected chi connectivity index (χ0v) is 12.0. The molecule has 4 nitrogen and oxygen atoms in total. The number of anilines is 1. The van der Waals surface area contributed by atoms with Gasteiger partial charge in [0.1, 0.15) is 5.15 Å². The lowest BCUT2D eigenvalue weighted by Gasteiger charge is -2.34. The Morgan fingerprint density at radius 2 is 2.32 bits per heavy atom. The van der Waals surface area contributed by atoms with Crippen LogP contribution in [-0.2, 0) is 9.53 Å². The van der Waals surface area contributed by atoms with Gasteiger partial charge >= 0.3 is 0 Å². The van der Waals surface area contributed by atoms with E-state index < -0.39 is 0 Å². The van der Waals surface area contributed by atoms with Crippen molar-refractivity contribution < 1.29 is 9.53 Å². The average Bonchev–Trinajstić information content (AvgIpc) is 2.31. The second-order valence-corrected chi connectivity index (χ2v) is 5.36. The Morgan fingerprint density at radius 1 is 1.58 bits per heavy atom. The van der Waals surface area contributed by atoms with Crippen molar-refractivity contribution in [3.63, 3.8) is 0 Å². The largest absolute Gasteiger partial charge is 0.378 e. The zero-order chi connectivity index (χ0) is 13.8. The molecule has 19 heavy (non-hydrogen) atoms. The van der Waals surface area contributed by atoms with Crippen molar-refractivity contribution >= 4 is 23.2 Å². The Kier molecular flexibility index (Phi) is 4.77. The molecule has 1 N–H and O–H groups in total. The third-order valence-corrected chi connectivity index (χ3v) is 3.76. The highest BCUT2D eigenvalue weighted by atomic mass is 35.5. The van der Waals surface area contributed by atoms with Crippen LogP contribution in [0.3, 0.4) is 0 Å². The molecule has 1 fully saturated rings. The SMILES string of the molecule is CCOC1CC(CC(=O)Nc2cnc(Cl)c(C)c2)C1. The summed E-state index contributed by atoms with van der Waals surface area (Å²) in [5.41, 5.74) is 1.56. The lowest BCUT2D eigenvalue weighted by atomic mass is 9.80. The fourth-order valence-electron chi connectivity index (χ4n) is 2.31. The minimum atomic E-state index is 0.0310. The second kappa shape index (κ2) is 6.35. The fraction of sp³-hybridized carbons (Fsp3) is 0.571. The van der Waals surface area contributed by atoms with Crippen LogP contribution in [0, 0.1) is 12.8 Å². The molecular weight excluding hydrogens is 264 g/mol.